The molecule has 0 radical (unpaired) electrons. The summed E-state index contributed by atoms with van der Waals surface area (Å²) in [6, 6.07) is 4.25. The van der Waals surface area contributed by atoms with Gasteiger partial charge in [-0.15, -0.1) is 0 Å². The van der Waals surface area contributed by atoms with E-state index in [0.29, 0.717) is 35.4 Å². The lowest BCUT2D eigenvalue weighted by atomic mass is 9.85. The van der Waals surface area contributed by atoms with E-state index in [9.17, 15) is 9.18 Å². The second-order valence-electron chi connectivity index (χ2n) is 5.82. The van der Waals surface area contributed by atoms with E-state index in [1.54, 1.807) is 13.0 Å². The Labute approximate surface area is 115 Å². The van der Waals surface area contributed by atoms with Gasteiger partial charge in [-0.05, 0) is 48.4 Å². The molecular formula is C16H24FNO. The summed E-state index contributed by atoms with van der Waals surface area (Å²) in [5, 5.41) is 2.96. The van der Waals surface area contributed by atoms with Crippen LogP contribution >= 0.6 is 0 Å². The van der Waals surface area contributed by atoms with Crippen molar-refractivity contribution in [3.8, 4) is 0 Å². The molecule has 0 unspecified atom stereocenters. The molecule has 1 rings (SSSR count). The summed E-state index contributed by atoms with van der Waals surface area (Å²) in [5.74, 6) is 1.06. The number of carbonyl (C=O) groups is 1. The van der Waals surface area contributed by atoms with Crippen LogP contribution in [-0.2, 0) is 0 Å². The molecule has 0 fully saturated rings. The lowest BCUT2D eigenvalue weighted by Crippen LogP contribution is -2.34. The van der Waals surface area contributed by atoms with E-state index in [4.69, 9.17) is 0 Å². The molecule has 0 atom stereocenters. The van der Waals surface area contributed by atoms with Crippen LogP contribution in [0.25, 0.3) is 0 Å². The van der Waals surface area contributed by atoms with Gasteiger partial charge in [0.05, 0.1) is 0 Å². The van der Waals surface area contributed by atoms with Crippen LogP contribution in [0.15, 0.2) is 18.2 Å². The number of hydrogen-bond donors (Lipinski definition) is 1. The third-order valence-corrected chi connectivity index (χ3v) is 3.64. The van der Waals surface area contributed by atoms with Gasteiger partial charge in [0.2, 0.25) is 0 Å². The average molecular weight is 265 g/mol. The van der Waals surface area contributed by atoms with E-state index in [1.807, 2.05) is 0 Å². The van der Waals surface area contributed by atoms with E-state index in [0.717, 1.165) is 0 Å². The number of rotatable bonds is 5. The summed E-state index contributed by atoms with van der Waals surface area (Å²) in [6.07, 6.45) is 0. The fourth-order valence-electron chi connectivity index (χ4n) is 2.43. The van der Waals surface area contributed by atoms with Crippen molar-refractivity contribution in [1.82, 2.24) is 5.32 Å². The fourth-order valence-corrected chi connectivity index (χ4v) is 2.43. The van der Waals surface area contributed by atoms with Crippen molar-refractivity contribution < 1.29 is 9.18 Å². The Hall–Kier alpha value is -1.38. The number of benzene rings is 1. The number of carbonyl (C=O) groups excluding carboxylic acids is 1. The number of nitrogens with one attached hydrogen (secondary N) is 1. The highest BCUT2D eigenvalue weighted by Gasteiger charge is 2.19. The quantitative estimate of drug-likeness (QED) is 0.862. The molecule has 0 saturated heterocycles. The van der Waals surface area contributed by atoms with E-state index in [2.05, 4.69) is 33.0 Å². The van der Waals surface area contributed by atoms with Gasteiger partial charge < -0.3 is 5.32 Å². The Morgan fingerprint density at radius 2 is 1.79 bits per heavy atom. The Morgan fingerprint density at radius 3 is 2.26 bits per heavy atom. The van der Waals surface area contributed by atoms with Crippen LogP contribution in [0.4, 0.5) is 4.39 Å². The molecule has 0 spiro atoms. The molecule has 1 aromatic carbocycles. The van der Waals surface area contributed by atoms with Gasteiger partial charge >= 0.3 is 0 Å². The average Bonchev–Trinajstić information content (AvgIpc) is 2.27. The zero-order chi connectivity index (χ0) is 14.6. The summed E-state index contributed by atoms with van der Waals surface area (Å²) in [5.41, 5.74) is 1.22. The Kier molecular flexibility index (Phi) is 5.52. The van der Waals surface area contributed by atoms with Crippen molar-refractivity contribution in [3.05, 3.63) is 35.1 Å². The zero-order valence-corrected chi connectivity index (χ0v) is 12.5. The standard InChI is InChI=1S/C16H24FNO/c1-10(2)15(11(3)4)9-18-16(19)14-7-6-13(17)8-12(14)5/h6-8,10-11,15H,9H2,1-5H3,(H,18,19). The molecule has 0 saturated carbocycles. The maximum absolute atomic E-state index is 13.0. The van der Waals surface area contributed by atoms with Gasteiger partial charge in [0.15, 0.2) is 0 Å². The van der Waals surface area contributed by atoms with E-state index < -0.39 is 0 Å². The first-order valence-electron chi connectivity index (χ1n) is 6.87. The Morgan fingerprint density at radius 1 is 1.21 bits per heavy atom. The smallest absolute Gasteiger partial charge is 0.251 e. The third-order valence-electron chi connectivity index (χ3n) is 3.64. The predicted molar refractivity (Wildman–Crippen MR) is 76.6 cm³/mol. The molecule has 1 N–H and O–H groups in total. The molecule has 0 aromatic heterocycles. The monoisotopic (exact) mass is 265 g/mol. The first-order chi connectivity index (χ1) is 8.82. The van der Waals surface area contributed by atoms with Gasteiger partial charge in [-0.2, -0.15) is 0 Å². The van der Waals surface area contributed by atoms with Crippen LogP contribution in [0.5, 0.6) is 0 Å². The summed E-state index contributed by atoms with van der Waals surface area (Å²) >= 11 is 0. The molecule has 1 aromatic rings. The predicted octanol–water partition coefficient (Wildman–Crippen LogP) is 3.79. The first-order valence-corrected chi connectivity index (χ1v) is 6.87. The molecule has 1 amide bonds. The minimum Gasteiger partial charge on any atom is -0.352 e. The SMILES string of the molecule is Cc1cc(F)ccc1C(=O)NCC(C(C)C)C(C)C. The summed E-state index contributed by atoms with van der Waals surface area (Å²) in [7, 11) is 0. The van der Waals surface area contributed by atoms with Crippen LogP contribution in [0.1, 0.15) is 43.6 Å². The maximum atomic E-state index is 13.0. The van der Waals surface area contributed by atoms with Gasteiger partial charge in [-0.3, -0.25) is 4.79 Å². The molecule has 19 heavy (non-hydrogen) atoms. The highest BCUT2D eigenvalue weighted by atomic mass is 19.1. The summed E-state index contributed by atoms with van der Waals surface area (Å²) in [6.45, 7) is 11.1. The van der Waals surface area contributed by atoms with Crippen molar-refractivity contribution in [2.45, 2.75) is 34.6 Å². The largest absolute Gasteiger partial charge is 0.352 e. The van der Waals surface area contributed by atoms with Crippen molar-refractivity contribution in [3.63, 3.8) is 0 Å². The zero-order valence-electron chi connectivity index (χ0n) is 12.5. The number of halogens is 1. The Bertz CT molecular complexity index is 432. The fraction of sp³-hybridized carbons (Fsp3) is 0.562. The van der Waals surface area contributed by atoms with Crippen molar-refractivity contribution in [1.29, 1.82) is 0 Å². The van der Waals surface area contributed by atoms with Crippen molar-refractivity contribution in [2.75, 3.05) is 6.54 Å². The van der Waals surface area contributed by atoms with Gasteiger partial charge in [-0.1, -0.05) is 27.7 Å². The minimum absolute atomic E-state index is 0.121. The van der Waals surface area contributed by atoms with Crippen LogP contribution in [-0.4, -0.2) is 12.5 Å². The maximum Gasteiger partial charge on any atom is 0.251 e. The van der Waals surface area contributed by atoms with E-state index in [1.165, 1.54) is 12.1 Å². The van der Waals surface area contributed by atoms with Crippen LogP contribution in [0.3, 0.4) is 0 Å². The number of amides is 1. The van der Waals surface area contributed by atoms with E-state index in [-0.39, 0.29) is 11.7 Å². The topological polar surface area (TPSA) is 29.1 Å². The van der Waals surface area contributed by atoms with Gasteiger partial charge in [0.25, 0.3) is 5.91 Å². The summed E-state index contributed by atoms with van der Waals surface area (Å²) in [4.78, 5) is 12.1. The lowest BCUT2D eigenvalue weighted by molar-refractivity contribution is 0.0936. The highest BCUT2D eigenvalue weighted by Crippen LogP contribution is 2.19. The third kappa shape index (κ3) is 4.34. The molecule has 106 valence electrons. The molecule has 0 aliphatic carbocycles. The molecule has 0 aliphatic rings. The van der Waals surface area contributed by atoms with Crippen LogP contribution in [0, 0.1) is 30.5 Å². The number of aryl methyl sites for hydroxylation is 1. The van der Waals surface area contributed by atoms with Crippen LogP contribution < -0.4 is 5.32 Å². The number of hydrogen-bond acceptors (Lipinski definition) is 1. The molecule has 0 heterocycles. The van der Waals surface area contributed by atoms with Gasteiger partial charge in [-0.25, -0.2) is 4.39 Å². The van der Waals surface area contributed by atoms with E-state index >= 15 is 0 Å². The Balaban J connectivity index is 2.69. The molecule has 0 bridgehead atoms. The van der Waals surface area contributed by atoms with Gasteiger partial charge in [0.1, 0.15) is 5.82 Å². The van der Waals surface area contributed by atoms with Crippen LogP contribution in [0.2, 0.25) is 0 Å². The molecule has 0 aliphatic heterocycles. The van der Waals surface area contributed by atoms with Gasteiger partial charge in [0, 0.05) is 12.1 Å². The molecular weight excluding hydrogens is 241 g/mol. The second kappa shape index (κ2) is 6.69. The molecule has 2 nitrogen and oxygen atoms in total. The normalized spacial score (nSPS) is 11.4. The first kappa shape index (κ1) is 15.7. The summed E-state index contributed by atoms with van der Waals surface area (Å²) < 4.78 is 13.0. The highest BCUT2D eigenvalue weighted by molar-refractivity contribution is 5.95. The molecule has 3 heteroatoms. The second-order valence-corrected chi connectivity index (χ2v) is 5.82. The van der Waals surface area contributed by atoms with Crippen molar-refractivity contribution in [2.24, 2.45) is 17.8 Å². The minimum atomic E-state index is -0.309. The lowest BCUT2D eigenvalue weighted by Gasteiger charge is -2.25. The van der Waals surface area contributed by atoms with Crippen molar-refractivity contribution >= 4 is 5.91 Å².